The number of primary amides is 1. The standard InChI is InChI=1S/C15H24N4O/c16-14(20)15-17-6-8-19(15)10-9-18-7-5-12-3-1-2-4-13(12)11-18/h6,8,12-13H,1-5,7,9-11H2,(H2,16,20). The number of carbonyl (C=O) groups excluding carboxylic acids is 1. The Balaban J connectivity index is 1.54. The fourth-order valence-corrected chi connectivity index (χ4v) is 3.84. The molecule has 110 valence electrons. The molecule has 0 spiro atoms. The molecule has 5 nitrogen and oxygen atoms in total. The predicted molar refractivity (Wildman–Crippen MR) is 77.2 cm³/mol. The number of hydrogen-bond donors (Lipinski definition) is 1. The monoisotopic (exact) mass is 276 g/mol. The molecule has 0 aromatic carbocycles. The third-order valence-electron chi connectivity index (χ3n) is 4.97. The van der Waals surface area contributed by atoms with Gasteiger partial charge in [0.05, 0.1) is 0 Å². The Hall–Kier alpha value is -1.36. The largest absolute Gasteiger partial charge is 0.363 e. The quantitative estimate of drug-likeness (QED) is 0.906. The fraction of sp³-hybridized carbons (Fsp3) is 0.733. The molecule has 2 unspecified atom stereocenters. The topological polar surface area (TPSA) is 64.2 Å². The van der Waals surface area contributed by atoms with E-state index in [2.05, 4.69) is 9.88 Å². The van der Waals surface area contributed by atoms with Gasteiger partial charge in [-0.2, -0.15) is 0 Å². The molecule has 0 radical (unpaired) electrons. The van der Waals surface area contributed by atoms with Crippen molar-refractivity contribution >= 4 is 5.91 Å². The van der Waals surface area contributed by atoms with Gasteiger partial charge in [-0.05, 0) is 31.2 Å². The van der Waals surface area contributed by atoms with E-state index < -0.39 is 5.91 Å². The summed E-state index contributed by atoms with van der Waals surface area (Å²) in [4.78, 5) is 17.8. The summed E-state index contributed by atoms with van der Waals surface area (Å²) in [5, 5.41) is 0. The maximum atomic E-state index is 11.2. The van der Waals surface area contributed by atoms with Crippen LogP contribution in [0, 0.1) is 11.8 Å². The number of fused-ring (bicyclic) bond motifs is 1. The number of imidazole rings is 1. The van der Waals surface area contributed by atoms with Crippen LogP contribution in [-0.2, 0) is 6.54 Å². The minimum atomic E-state index is -0.444. The highest BCUT2D eigenvalue weighted by Gasteiger charge is 2.30. The zero-order chi connectivity index (χ0) is 13.9. The molecule has 3 rings (SSSR count). The van der Waals surface area contributed by atoms with Crippen LogP contribution in [0.25, 0.3) is 0 Å². The van der Waals surface area contributed by atoms with Gasteiger partial charge in [0.2, 0.25) is 0 Å². The Morgan fingerprint density at radius 2 is 2.05 bits per heavy atom. The molecule has 2 aliphatic rings. The van der Waals surface area contributed by atoms with Crippen LogP contribution in [0.15, 0.2) is 12.4 Å². The van der Waals surface area contributed by atoms with Gasteiger partial charge in [-0.1, -0.05) is 19.3 Å². The third-order valence-corrected chi connectivity index (χ3v) is 4.97. The molecule has 1 aliphatic heterocycles. The number of nitrogens with two attached hydrogens (primary N) is 1. The van der Waals surface area contributed by atoms with Crippen molar-refractivity contribution in [1.82, 2.24) is 14.5 Å². The average Bonchev–Trinajstić information content (AvgIpc) is 2.93. The van der Waals surface area contributed by atoms with Crippen LogP contribution in [0.4, 0.5) is 0 Å². The van der Waals surface area contributed by atoms with Crippen LogP contribution in [-0.4, -0.2) is 40.0 Å². The summed E-state index contributed by atoms with van der Waals surface area (Å²) in [6, 6.07) is 0. The third kappa shape index (κ3) is 2.87. The maximum Gasteiger partial charge on any atom is 0.284 e. The van der Waals surface area contributed by atoms with Crippen molar-refractivity contribution in [2.75, 3.05) is 19.6 Å². The Morgan fingerprint density at radius 1 is 1.25 bits per heavy atom. The Labute approximate surface area is 120 Å². The lowest BCUT2D eigenvalue weighted by Crippen LogP contribution is -2.43. The number of likely N-dealkylation sites (tertiary alicyclic amines) is 1. The lowest BCUT2D eigenvalue weighted by atomic mass is 9.75. The van der Waals surface area contributed by atoms with Crippen LogP contribution < -0.4 is 5.73 Å². The fourth-order valence-electron chi connectivity index (χ4n) is 3.84. The maximum absolute atomic E-state index is 11.2. The molecule has 5 heteroatoms. The van der Waals surface area contributed by atoms with Crippen LogP contribution in [0.5, 0.6) is 0 Å². The van der Waals surface area contributed by atoms with Crippen molar-refractivity contribution in [3.8, 4) is 0 Å². The van der Waals surface area contributed by atoms with E-state index >= 15 is 0 Å². The first-order valence-corrected chi connectivity index (χ1v) is 7.77. The first-order valence-electron chi connectivity index (χ1n) is 7.77. The van der Waals surface area contributed by atoms with Gasteiger partial charge < -0.3 is 15.2 Å². The van der Waals surface area contributed by atoms with Crippen molar-refractivity contribution in [3.05, 3.63) is 18.2 Å². The van der Waals surface area contributed by atoms with Crippen molar-refractivity contribution < 1.29 is 4.79 Å². The molecule has 1 amide bonds. The molecule has 1 aliphatic carbocycles. The Kier molecular flexibility index (Phi) is 4.05. The van der Waals surface area contributed by atoms with E-state index in [1.165, 1.54) is 45.2 Å². The van der Waals surface area contributed by atoms with E-state index in [0.717, 1.165) is 24.9 Å². The van der Waals surface area contributed by atoms with Crippen molar-refractivity contribution in [3.63, 3.8) is 0 Å². The molecule has 1 aromatic rings. The Bertz CT molecular complexity index is 470. The predicted octanol–water partition coefficient (Wildman–Crippen LogP) is 1.49. The number of amides is 1. The first-order chi connectivity index (χ1) is 9.74. The van der Waals surface area contributed by atoms with Crippen LogP contribution >= 0.6 is 0 Å². The second kappa shape index (κ2) is 5.95. The molecule has 2 fully saturated rings. The molecule has 20 heavy (non-hydrogen) atoms. The second-order valence-electron chi connectivity index (χ2n) is 6.20. The normalized spacial score (nSPS) is 27.2. The molecule has 1 saturated carbocycles. The van der Waals surface area contributed by atoms with Crippen LogP contribution in [0.2, 0.25) is 0 Å². The van der Waals surface area contributed by atoms with E-state index in [1.54, 1.807) is 6.20 Å². The van der Waals surface area contributed by atoms with Crippen molar-refractivity contribution in [2.24, 2.45) is 17.6 Å². The van der Waals surface area contributed by atoms with E-state index in [9.17, 15) is 4.79 Å². The summed E-state index contributed by atoms with van der Waals surface area (Å²) >= 11 is 0. The Morgan fingerprint density at radius 3 is 2.85 bits per heavy atom. The summed E-state index contributed by atoms with van der Waals surface area (Å²) in [6.45, 7) is 4.21. The number of rotatable bonds is 4. The number of hydrogen-bond acceptors (Lipinski definition) is 3. The highest BCUT2D eigenvalue weighted by atomic mass is 16.1. The highest BCUT2D eigenvalue weighted by Crippen LogP contribution is 2.35. The van der Waals surface area contributed by atoms with Gasteiger partial charge in [0.1, 0.15) is 0 Å². The summed E-state index contributed by atoms with van der Waals surface area (Å²) in [7, 11) is 0. The second-order valence-corrected chi connectivity index (χ2v) is 6.20. The van der Waals surface area contributed by atoms with E-state index in [0.29, 0.717) is 5.82 Å². The number of carbonyl (C=O) groups is 1. The minimum absolute atomic E-state index is 0.373. The van der Waals surface area contributed by atoms with E-state index in [4.69, 9.17) is 5.73 Å². The van der Waals surface area contributed by atoms with Gasteiger partial charge in [-0.15, -0.1) is 0 Å². The molecular weight excluding hydrogens is 252 g/mol. The first kappa shape index (κ1) is 13.6. The van der Waals surface area contributed by atoms with Gasteiger partial charge in [0.25, 0.3) is 5.91 Å². The molecule has 0 bridgehead atoms. The van der Waals surface area contributed by atoms with Crippen LogP contribution in [0.3, 0.4) is 0 Å². The molecule has 2 heterocycles. The van der Waals surface area contributed by atoms with Gasteiger partial charge in [-0.25, -0.2) is 4.98 Å². The van der Waals surface area contributed by atoms with Crippen molar-refractivity contribution in [1.29, 1.82) is 0 Å². The zero-order valence-corrected chi connectivity index (χ0v) is 12.0. The zero-order valence-electron chi connectivity index (χ0n) is 12.0. The molecule has 1 aromatic heterocycles. The lowest BCUT2D eigenvalue weighted by molar-refractivity contribution is 0.0838. The number of piperidine rings is 1. The van der Waals surface area contributed by atoms with E-state index in [1.807, 2.05) is 10.8 Å². The van der Waals surface area contributed by atoms with E-state index in [-0.39, 0.29) is 0 Å². The van der Waals surface area contributed by atoms with Gasteiger partial charge in [0.15, 0.2) is 5.82 Å². The minimum Gasteiger partial charge on any atom is -0.363 e. The molecular formula is C15H24N4O. The van der Waals surface area contributed by atoms with Gasteiger partial charge in [0, 0.05) is 32.0 Å². The summed E-state index contributed by atoms with van der Waals surface area (Å²) < 4.78 is 1.87. The van der Waals surface area contributed by atoms with Gasteiger partial charge >= 0.3 is 0 Å². The highest BCUT2D eigenvalue weighted by molar-refractivity contribution is 5.89. The summed E-state index contributed by atoms with van der Waals surface area (Å²) in [6.07, 6.45) is 10.5. The molecule has 2 atom stereocenters. The van der Waals surface area contributed by atoms with Crippen LogP contribution in [0.1, 0.15) is 42.7 Å². The molecule has 1 saturated heterocycles. The van der Waals surface area contributed by atoms with Crippen molar-refractivity contribution in [2.45, 2.75) is 38.6 Å². The molecule has 2 N–H and O–H groups in total. The number of aromatic nitrogens is 2. The average molecular weight is 276 g/mol. The van der Waals surface area contributed by atoms with Gasteiger partial charge in [-0.3, -0.25) is 4.79 Å². The number of nitrogens with zero attached hydrogens (tertiary/aromatic N) is 3. The summed E-state index contributed by atoms with van der Waals surface area (Å²) in [5.74, 6) is 1.80. The SMILES string of the molecule is NC(=O)c1nccn1CCN1CCC2CCCCC2C1. The summed E-state index contributed by atoms with van der Waals surface area (Å²) in [5.41, 5.74) is 5.32. The smallest absolute Gasteiger partial charge is 0.284 e. The lowest BCUT2D eigenvalue weighted by Gasteiger charge is -2.41.